The maximum Gasteiger partial charge on any atom is 0.417 e. The van der Waals surface area contributed by atoms with Crippen molar-refractivity contribution in [1.29, 1.82) is 0 Å². The zero-order chi connectivity index (χ0) is 18.5. The number of esters is 2. The first-order chi connectivity index (χ1) is 11.1. The van der Waals surface area contributed by atoms with Crippen molar-refractivity contribution in [2.24, 2.45) is 4.99 Å². The Bertz CT molecular complexity index is 673. The number of aliphatic imine (C=N–C) groups is 1. The molecule has 0 unspecified atom stereocenters. The highest BCUT2D eigenvalue weighted by molar-refractivity contribution is 6.31. The summed E-state index contributed by atoms with van der Waals surface area (Å²) in [5, 5.41) is -1.09. The van der Waals surface area contributed by atoms with Crippen molar-refractivity contribution in [2.45, 2.75) is 13.1 Å². The third kappa shape index (κ3) is 5.48. The van der Waals surface area contributed by atoms with Crippen LogP contribution in [0.2, 0.25) is 5.02 Å². The van der Waals surface area contributed by atoms with Gasteiger partial charge in [-0.3, -0.25) is 14.6 Å². The molecule has 0 radical (unpaired) electrons. The average Bonchev–Trinajstić information content (AvgIpc) is 2.48. The molecular weight excluding hydrogens is 358 g/mol. The molecule has 0 fully saturated rings. The van der Waals surface area contributed by atoms with Crippen LogP contribution in [-0.2, 0) is 25.2 Å². The third-order valence-electron chi connectivity index (χ3n) is 2.71. The number of hydrogen-bond donors (Lipinski definition) is 0. The van der Waals surface area contributed by atoms with Crippen LogP contribution in [0.3, 0.4) is 0 Å². The van der Waals surface area contributed by atoms with Crippen LogP contribution in [0.15, 0.2) is 17.1 Å². The number of hydrogen-bond acceptors (Lipinski definition) is 5. The molecule has 0 saturated heterocycles. The van der Waals surface area contributed by atoms with Gasteiger partial charge >= 0.3 is 18.1 Å². The zero-order valence-corrected chi connectivity index (χ0v) is 13.3. The van der Waals surface area contributed by atoms with Crippen molar-refractivity contribution in [3.05, 3.63) is 34.1 Å². The van der Waals surface area contributed by atoms with E-state index >= 15 is 0 Å². The smallest absolute Gasteiger partial charge is 0.417 e. The SMILES string of the molecule is COC(=O)CN=C(COC(C)=O)c1cc(F)c(Cl)c(C(F)(F)F)c1. The van der Waals surface area contributed by atoms with E-state index in [1.54, 1.807) is 0 Å². The molecule has 1 rings (SSSR count). The van der Waals surface area contributed by atoms with E-state index < -0.39 is 47.7 Å². The Kier molecular flexibility index (Phi) is 6.70. The predicted octanol–water partition coefficient (Wildman–Crippen LogP) is 3.02. The molecule has 10 heteroatoms. The Morgan fingerprint density at radius 2 is 1.92 bits per heavy atom. The van der Waals surface area contributed by atoms with Crippen LogP contribution < -0.4 is 0 Å². The Morgan fingerprint density at radius 1 is 1.29 bits per heavy atom. The molecule has 0 aromatic heterocycles. The molecule has 132 valence electrons. The molecule has 0 spiro atoms. The van der Waals surface area contributed by atoms with Gasteiger partial charge in [-0.05, 0) is 12.1 Å². The summed E-state index contributed by atoms with van der Waals surface area (Å²) >= 11 is 5.34. The van der Waals surface area contributed by atoms with Gasteiger partial charge in [-0.25, -0.2) is 4.39 Å². The molecular formula is C14H12ClF4NO4. The number of rotatable bonds is 5. The molecule has 0 bridgehead atoms. The monoisotopic (exact) mass is 369 g/mol. The lowest BCUT2D eigenvalue weighted by molar-refractivity contribution is -0.139. The molecule has 0 atom stereocenters. The minimum Gasteiger partial charge on any atom is -0.468 e. The van der Waals surface area contributed by atoms with E-state index in [1.165, 1.54) is 0 Å². The van der Waals surface area contributed by atoms with E-state index in [4.69, 9.17) is 11.6 Å². The zero-order valence-electron chi connectivity index (χ0n) is 12.5. The average molecular weight is 370 g/mol. The van der Waals surface area contributed by atoms with Gasteiger partial charge in [0.05, 0.1) is 23.4 Å². The molecule has 0 aliphatic carbocycles. The fraction of sp³-hybridized carbons (Fsp3) is 0.357. The molecule has 0 heterocycles. The number of alkyl halides is 3. The highest BCUT2D eigenvalue weighted by Crippen LogP contribution is 2.36. The van der Waals surface area contributed by atoms with Crippen LogP contribution in [0.5, 0.6) is 0 Å². The standard InChI is InChI=1S/C14H12ClF4NO4/c1-7(21)24-6-11(20-5-12(22)23-2)8-3-9(14(17,18)19)13(15)10(16)4-8/h3-4H,5-6H2,1-2H3. The summed E-state index contributed by atoms with van der Waals surface area (Å²) in [5.74, 6) is -2.83. The van der Waals surface area contributed by atoms with E-state index in [1.807, 2.05) is 0 Å². The van der Waals surface area contributed by atoms with Crippen molar-refractivity contribution in [3.8, 4) is 0 Å². The van der Waals surface area contributed by atoms with Crippen LogP contribution in [0.1, 0.15) is 18.1 Å². The summed E-state index contributed by atoms with van der Waals surface area (Å²) in [6, 6.07) is 1.27. The largest absolute Gasteiger partial charge is 0.468 e. The van der Waals surface area contributed by atoms with Crippen LogP contribution in [-0.4, -0.2) is 37.9 Å². The van der Waals surface area contributed by atoms with E-state index in [0.29, 0.717) is 12.1 Å². The van der Waals surface area contributed by atoms with E-state index in [2.05, 4.69) is 14.5 Å². The first-order valence-electron chi connectivity index (χ1n) is 6.36. The topological polar surface area (TPSA) is 65.0 Å². The minimum absolute atomic E-state index is 0.239. The predicted molar refractivity (Wildman–Crippen MR) is 76.5 cm³/mol. The summed E-state index contributed by atoms with van der Waals surface area (Å²) in [7, 11) is 1.09. The van der Waals surface area contributed by atoms with Crippen molar-refractivity contribution in [3.63, 3.8) is 0 Å². The summed E-state index contributed by atoms with van der Waals surface area (Å²) < 4.78 is 61.4. The summed E-state index contributed by atoms with van der Waals surface area (Å²) in [4.78, 5) is 25.7. The molecule has 1 aromatic carbocycles. The number of nitrogens with zero attached hydrogens (tertiary/aromatic N) is 1. The summed E-state index contributed by atoms with van der Waals surface area (Å²) in [6.07, 6.45) is -4.90. The lowest BCUT2D eigenvalue weighted by Gasteiger charge is -2.13. The second-order valence-corrected chi connectivity index (χ2v) is 4.81. The number of carbonyl (C=O) groups excluding carboxylic acids is 2. The van der Waals surface area contributed by atoms with E-state index in [9.17, 15) is 27.2 Å². The lowest BCUT2D eigenvalue weighted by Crippen LogP contribution is -2.18. The van der Waals surface area contributed by atoms with Crippen LogP contribution in [0, 0.1) is 5.82 Å². The number of carbonyl (C=O) groups is 2. The van der Waals surface area contributed by atoms with Gasteiger partial charge in [-0.15, -0.1) is 0 Å². The second kappa shape index (κ2) is 8.09. The highest BCUT2D eigenvalue weighted by Gasteiger charge is 2.35. The van der Waals surface area contributed by atoms with Gasteiger partial charge in [0, 0.05) is 12.5 Å². The summed E-state index contributed by atoms with van der Waals surface area (Å²) in [5.41, 5.74) is -1.97. The van der Waals surface area contributed by atoms with Gasteiger partial charge in [0.2, 0.25) is 0 Å². The normalized spacial score (nSPS) is 12.0. The number of methoxy groups -OCH3 is 1. The van der Waals surface area contributed by atoms with E-state index in [-0.39, 0.29) is 11.3 Å². The molecule has 24 heavy (non-hydrogen) atoms. The van der Waals surface area contributed by atoms with Gasteiger partial charge in [0.25, 0.3) is 0 Å². The Balaban J connectivity index is 3.33. The molecule has 1 aromatic rings. The molecule has 0 aliphatic heterocycles. The van der Waals surface area contributed by atoms with Crippen molar-refractivity contribution < 1.29 is 36.6 Å². The van der Waals surface area contributed by atoms with Gasteiger partial charge < -0.3 is 9.47 Å². The maximum atomic E-state index is 13.7. The van der Waals surface area contributed by atoms with Crippen LogP contribution in [0.4, 0.5) is 17.6 Å². The molecule has 0 N–H and O–H groups in total. The number of ether oxygens (including phenoxy) is 2. The number of halogens is 5. The molecule has 5 nitrogen and oxygen atoms in total. The fourth-order valence-electron chi connectivity index (χ4n) is 1.58. The first kappa shape index (κ1) is 19.9. The molecule has 0 amide bonds. The van der Waals surface area contributed by atoms with Gasteiger partial charge in [0.15, 0.2) is 0 Å². The van der Waals surface area contributed by atoms with Gasteiger partial charge in [0.1, 0.15) is 19.0 Å². The van der Waals surface area contributed by atoms with Crippen LogP contribution in [0.25, 0.3) is 0 Å². The number of benzene rings is 1. The molecule has 0 aliphatic rings. The Hall–Kier alpha value is -2.16. The quantitative estimate of drug-likeness (QED) is 0.454. The maximum absolute atomic E-state index is 13.7. The highest BCUT2D eigenvalue weighted by atomic mass is 35.5. The Morgan fingerprint density at radius 3 is 2.42 bits per heavy atom. The van der Waals surface area contributed by atoms with Crippen molar-refractivity contribution in [1.82, 2.24) is 0 Å². The summed E-state index contributed by atoms with van der Waals surface area (Å²) in [6.45, 7) is -0.0229. The van der Waals surface area contributed by atoms with Gasteiger partial charge in [-0.2, -0.15) is 13.2 Å². The first-order valence-corrected chi connectivity index (χ1v) is 6.74. The lowest BCUT2D eigenvalue weighted by atomic mass is 10.1. The third-order valence-corrected chi connectivity index (χ3v) is 3.09. The van der Waals surface area contributed by atoms with Gasteiger partial charge in [-0.1, -0.05) is 11.6 Å². The Labute approximate surface area is 139 Å². The molecule has 0 saturated carbocycles. The van der Waals surface area contributed by atoms with Crippen LogP contribution >= 0.6 is 11.6 Å². The fourth-order valence-corrected chi connectivity index (χ4v) is 1.79. The second-order valence-electron chi connectivity index (χ2n) is 4.44. The van der Waals surface area contributed by atoms with Crippen molar-refractivity contribution >= 4 is 29.3 Å². The van der Waals surface area contributed by atoms with Crippen molar-refractivity contribution in [2.75, 3.05) is 20.3 Å². The minimum atomic E-state index is -4.90. The van der Waals surface area contributed by atoms with E-state index in [0.717, 1.165) is 14.0 Å².